The van der Waals surface area contributed by atoms with Crippen molar-refractivity contribution in [3.8, 4) is 0 Å². The Morgan fingerprint density at radius 1 is 1.09 bits per heavy atom. The first kappa shape index (κ1) is 15.3. The van der Waals surface area contributed by atoms with E-state index in [9.17, 15) is 9.18 Å². The molecule has 0 saturated carbocycles. The van der Waals surface area contributed by atoms with Crippen molar-refractivity contribution in [1.29, 1.82) is 0 Å². The molecule has 1 amide bonds. The lowest BCUT2D eigenvalue weighted by Crippen LogP contribution is -2.30. The van der Waals surface area contributed by atoms with Crippen LogP contribution in [0.2, 0.25) is 0 Å². The van der Waals surface area contributed by atoms with Gasteiger partial charge < -0.3 is 4.84 Å². The fourth-order valence-electron chi connectivity index (χ4n) is 2.46. The molecular weight excluding hydrogens is 293 g/mol. The Hall–Kier alpha value is -2.62. The highest BCUT2D eigenvalue weighted by atomic mass is 19.1. The first-order valence-corrected chi connectivity index (χ1v) is 7.48. The van der Waals surface area contributed by atoms with Crippen LogP contribution in [0.4, 0.5) is 4.39 Å². The average Bonchev–Trinajstić information content (AvgIpc) is 2.74. The van der Waals surface area contributed by atoms with Gasteiger partial charge in [0, 0.05) is 0 Å². The quantitative estimate of drug-likeness (QED) is 0.851. The van der Waals surface area contributed by atoms with E-state index >= 15 is 0 Å². The molecule has 0 N–H and O–H groups in total. The highest BCUT2D eigenvalue weighted by Gasteiger charge is 2.45. The molecule has 1 aliphatic rings. The summed E-state index contributed by atoms with van der Waals surface area (Å²) in [6.07, 6.45) is 1.88. The van der Waals surface area contributed by atoms with Gasteiger partial charge in [-0.15, -0.1) is 0 Å². The SMILES string of the molecule is CC1(C)C(=O)N(Cc2ccc(F)cc2)O/C1=C\c1ccccc1. The maximum atomic E-state index is 13.0. The van der Waals surface area contributed by atoms with Crippen LogP contribution in [0.3, 0.4) is 0 Å². The summed E-state index contributed by atoms with van der Waals surface area (Å²) in [6, 6.07) is 15.8. The summed E-state index contributed by atoms with van der Waals surface area (Å²) in [5.41, 5.74) is 1.07. The molecule has 0 aromatic heterocycles. The molecule has 3 rings (SSSR count). The van der Waals surface area contributed by atoms with Gasteiger partial charge in [0.25, 0.3) is 5.91 Å². The second-order valence-corrected chi connectivity index (χ2v) is 6.10. The van der Waals surface area contributed by atoms with E-state index in [0.29, 0.717) is 5.76 Å². The molecule has 0 unspecified atom stereocenters. The van der Waals surface area contributed by atoms with Gasteiger partial charge in [0.15, 0.2) is 0 Å². The summed E-state index contributed by atoms with van der Waals surface area (Å²) < 4.78 is 13.0. The summed E-state index contributed by atoms with van der Waals surface area (Å²) in [5.74, 6) is 0.201. The van der Waals surface area contributed by atoms with Crippen LogP contribution in [-0.4, -0.2) is 11.0 Å². The van der Waals surface area contributed by atoms with Crippen molar-refractivity contribution < 1.29 is 14.0 Å². The zero-order valence-corrected chi connectivity index (χ0v) is 13.1. The van der Waals surface area contributed by atoms with Crippen LogP contribution in [0.5, 0.6) is 0 Å². The van der Waals surface area contributed by atoms with Gasteiger partial charge in [-0.05, 0) is 43.2 Å². The Balaban J connectivity index is 1.83. The van der Waals surface area contributed by atoms with Gasteiger partial charge in [-0.2, -0.15) is 5.06 Å². The zero-order chi connectivity index (χ0) is 16.4. The molecule has 1 aliphatic heterocycles. The van der Waals surface area contributed by atoms with Crippen molar-refractivity contribution in [2.45, 2.75) is 20.4 Å². The number of carbonyl (C=O) groups is 1. The Kier molecular flexibility index (Phi) is 3.90. The summed E-state index contributed by atoms with van der Waals surface area (Å²) >= 11 is 0. The fourth-order valence-corrected chi connectivity index (χ4v) is 2.46. The number of carbonyl (C=O) groups excluding carboxylic acids is 1. The van der Waals surface area contributed by atoms with E-state index in [4.69, 9.17) is 4.84 Å². The molecule has 4 heteroatoms. The van der Waals surface area contributed by atoms with Crippen LogP contribution < -0.4 is 0 Å². The summed E-state index contributed by atoms with van der Waals surface area (Å²) in [5, 5.41) is 1.34. The molecule has 0 aliphatic carbocycles. The first-order chi connectivity index (χ1) is 11.0. The maximum Gasteiger partial charge on any atom is 0.268 e. The van der Waals surface area contributed by atoms with Crippen molar-refractivity contribution in [1.82, 2.24) is 5.06 Å². The van der Waals surface area contributed by atoms with Gasteiger partial charge in [-0.3, -0.25) is 4.79 Å². The maximum absolute atomic E-state index is 13.0. The number of hydroxylamine groups is 2. The van der Waals surface area contributed by atoms with Gasteiger partial charge in [0.2, 0.25) is 0 Å². The van der Waals surface area contributed by atoms with Crippen LogP contribution in [-0.2, 0) is 16.2 Å². The Labute approximate surface area is 135 Å². The summed E-state index contributed by atoms with van der Waals surface area (Å²) in [6.45, 7) is 3.97. The van der Waals surface area contributed by atoms with Gasteiger partial charge in [-0.1, -0.05) is 42.5 Å². The van der Waals surface area contributed by atoms with E-state index < -0.39 is 5.41 Å². The monoisotopic (exact) mass is 311 g/mol. The Bertz CT molecular complexity index is 736. The van der Waals surface area contributed by atoms with Crippen LogP contribution in [0, 0.1) is 11.2 Å². The predicted molar refractivity (Wildman–Crippen MR) is 86.2 cm³/mol. The molecule has 2 aromatic rings. The molecule has 23 heavy (non-hydrogen) atoms. The number of hydrogen-bond acceptors (Lipinski definition) is 2. The van der Waals surface area contributed by atoms with E-state index in [2.05, 4.69) is 0 Å². The highest BCUT2D eigenvalue weighted by Crippen LogP contribution is 2.39. The second-order valence-electron chi connectivity index (χ2n) is 6.10. The molecule has 1 heterocycles. The third-order valence-electron chi connectivity index (χ3n) is 3.92. The zero-order valence-electron chi connectivity index (χ0n) is 13.1. The number of nitrogens with zero attached hydrogens (tertiary/aromatic N) is 1. The standard InChI is InChI=1S/C19H18FNO2/c1-19(2)17(12-14-6-4-3-5-7-14)23-21(18(19)22)13-15-8-10-16(20)11-9-15/h3-12H,13H2,1-2H3/b17-12-. The van der Waals surface area contributed by atoms with Crippen LogP contribution >= 0.6 is 0 Å². The molecule has 1 saturated heterocycles. The minimum atomic E-state index is -0.726. The van der Waals surface area contributed by atoms with E-state index in [-0.39, 0.29) is 18.3 Å². The molecule has 0 atom stereocenters. The second kappa shape index (κ2) is 5.88. The third kappa shape index (κ3) is 3.11. The van der Waals surface area contributed by atoms with Crippen LogP contribution in [0.25, 0.3) is 6.08 Å². The van der Waals surface area contributed by atoms with Gasteiger partial charge in [0.05, 0.1) is 6.54 Å². The Morgan fingerprint density at radius 2 is 1.74 bits per heavy atom. The average molecular weight is 311 g/mol. The highest BCUT2D eigenvalue weighted by molar-refractivity contribution is 5.87. The Morgan fingerprint density at radius 3 is 2.39 bits per heavy atom. The van der Waals surface area contributed by atoms with Crippen molar-refractivity contribution in [3.05, 3.63) is 77.3 Å². The summed E-state index contributed by atoms with van der Waals surface area (Å²) in [4.78, 5) is 18.4. The lowest BCUT2D eigenvalue weighted by Gasteiger charge is -2.15. The van der Waals surface area contributed by atoms with E-state index in [1.807, 2.05) is 50.3 Å². The lowest BCUT2D eigenvalue weighted by atomic mass is 9.89. The van der Waals surface area contributed by atoms with E-state index in [0.717, 1.165) is 11.1 Å². The normalized spacial score (nSPS) is 18.3. The van der Waals surface area contributed by atoms with Crippen molar-refractivity contribution in [2.24, 2.45) is 5.41 Å². The molecule has 2 aromatic carbocycles. The number of amides is 1. The van der Waals surface area contributed by atoms with Gasteiger partial charge >= 0.3 is 0 Å². The number of halogens is 1. The molecule has 118 valence electrons. The van der Waals surface area contributed by atoms with Crippen molar-refractivity contribution in [3.63, 3.8) is 0 Å². The van der Waals surface area contributed by atoms with E-state index in [1.54, 1.807) is 12.1 Å². The smallest absolute Gasteiger partial charge is 0.268 e. The molecule has 0 bridgehead atoms. The fraction of sp³-hybridized carbons (Fsp3) is 0.211. The summed E-state index contributed by atoms with van der Waals surface area (Å²) in [7, 11) is 0. The van der Waals surface area contributed by atoms with Gasteiger partial charge in [-0.25, -0.2) is 4.39 Å². The lowest BCUT2D eigenvalue weighted by molar-refractivity contribution is -0.159. The van der Waals surface area contributed by atoms with E-state index in [1.165, 1.54) is 17.2 Å². The number of benzene rings is 2. The molecule has 0 spiro atoms. The largest absolute Gasteiger partial charge is 0.380 e. The van der Waals surface area contributed by atoms with Gasteiger partial charge in [0.1, 0.15) is 17.0 Å². The predicted octanol–water partition coefficient (Wildman–Crippen LogP) is 4.17. The molecule has 3 nitrogen and oxygen atoms in total. The number of rotatable bonds is 3. The minimum absolute atomic E-state index is 0.107. The third-order valence-corrected chi connectivity index (χ3v) is 3.92. The van der Waals surface area contributed by atoms with Crippen LogP contribution in [0.15, 0.2) is 60.4 Å². The molecular formula is C19H18FNO2. The molecule has 1 fully saturated rings. The molecule has 0 radical (unpaired) electrons. The number of hydrogen-bond donors (Lipinski definition) is 0. The topological polar surface area (TPSA) is 29.5 Å². The van der Waals surface area contributed by atoms with Crippen molar-refractivity contribution >= 4 is 12.0 Å². The van der Waals surface area contributed by atoms with Crippen molar-refractivity contribution in [2.75, 3.05) is 0 Å². The minimum Gasteiger partial charge on any atom is -0.380 e. The first-order valence-electron chi connectivity index (χ1n) is 7.48. The van der Waals surface area contributed by atoms with Crippen LogP contribution in [0.1, 0.15) is 25.0 Å².